The van der Waals surface area contributed by atoms with E-state index in [1.165, 1.54) is 24.5 Å². The molecule has 0 aliphatic rings. The van der Waals surface area contributed by atoms with E-state index in [1.807, 2.05) is 0 Å². The molecule has 24 heavy (non-hydrogen) atoms. The predicted octanol–water partition coefficient (Wildman–Crippen LogP) is 2.05. The van der Waals surface area contributed by atoms with Gasteiger partial charge in [-0.25, -0.2) is 9.97 Å². The summed E-state index contributed by atoms with van der Waals surface area (Å²) < 4.78 is 39.9. The summed E-state index contributed by atoms with van der Waals surface area (Å²) in [6.07, 6.45) is -1.10. The first-order valence-electron chi connectivity index (χ1n) is 6.28. The van der Waals surface area contributed by atoms with Gasteiger partial charge in [-0.3, -0.25) is 4.98 Å². The van der Waals surface area contributed by atoms with Gasteiger partial charge in [0, 0.05) is 29.1 Å². The van der Waals surface area contributed by atoms with Crippen LogP contribution in [0, 0.1) is 10.1 Å². The molecule has 0 bridgehead atoms. The molecule has 0 aliphatic carbocycles. The van der Waals surface area contributed by atoms with E-state index in [9.17, 15) is 23.3 Å². The molecule has 0 spiro atoms. The normalized spacial score (nSPS) is 11.5. The van der Waals surface area contributed by atoms with Crippen molar-refractivity contribution in [3.8, 4) is 17.2 Å². The van der Waals surface area contributed by atoms with Crippen LogP contribution in [0.5, 0.6) is 0 Å². The number of pyridine rings is 1. The maximum Gasteiger partial charge on any atom is 0.491 e. The van der Waals surface area contributed by atoms with Crippen molar-refractivity contribution < 1.29 is 18.1 Å². The third-order valence-corrected chi connectivity index (χ3v) is 2.80. The van der Waals surface area contributed by atoms with E-state index in [2.05, 4.69) is 25.0 Å². The molecule has 0 unspecified atom stereocenters. The Kier molecular flexibility index (Phi) is 3.63. The maximum atomic E-state index is 13.1. The van der Waals surface area contributed by atoms with E-state index in [0.29, 0.717) is 6.07 Å². The Morgan fingerprint density at radius 1 is 1.25 bits per heavy atom. The topological polar surface area (TPSA) is 113 Å². The van der Waals surface area contributed by atoms with Crippen LogP contribution < -0.4 is 0 Å². The first-order valence-corrected chi connectivity index (χ1v) is 6.28. The lowest BCUT2D eigenvalue weighted by Crippen LogP contribution is -2.12. The molecule has 0 saturated heterocycles. The summed E-state index contributed by atoms with van der Waals surface area (Å²) in [5.74, 6) is -1.31. The summed E-state index contributed by atoms with van der Waals surface area (Å²) in [6.45, 7) is 0. The van der Waals surface area contributed by atoms with Gasteiger partial charge in [-0.15, -0.1) is 4.68 Å². The van der Waals surface area contributed by atoms with E-state index < -0.39 is 22.7 Å². The standard InChI is InChI=1S/C12H6F3N7O2/c13-12(14,15)8-4-9(21-6-17-11(20-21)22(23)24)19-10(18-8)7-2-1-3-16-5-7/h1-6H. The van der Waals surface area contributed by atoms with E-state index in [4.69, 9.17) is 0 Å². The van der Waals surface area contributed by atoms with Gasteiger partial charge in [0.2, 0.25) is 6.33 Å². The SMILES string of the molecule is O=[N+]([O-])c1ncn(-c2cc(C(F)(F)F)nc(-c3cccnc3)n2)n1. The van der Waals surface area contributed by atoms with Crippen molar-refractivity contribution in [3.63, 3.8) is 0 Å². The summed E-state index contributed by atoms with van der Waals surface area (Å²) in [4.78, 5) is 24.3. The molecule has 3 rings (SSSR count). The van der Waals surface area contributed by atoms with Crippen molar-refractivity contribution in [2.24, 2.45) is 0 Å². The lowest BCUT2D eigenvalue weighted by atomic mass is 10.2. The fourth-order valence-corrected chi connectivity index (χ4v) is 1.77. The fourth-order valence-electron chi connectivity index (χ4n) is 1.77. The van der Waals surface area contributed by atoms with Crippen LogP contribution in [-0.4, -0.2) is 34.6 Å². The van der Waals surface area contributed by atoms with E-state index in [1.54, 1.807) is 0 Å². The van der Waals surface area contributed by atoms with Crippen LogP contribution in [0.25, 0.3) is 17.2 Å². The third kappa shape index (κ3) is 3.02. The highest BCUT2D eigenvalue weighted by molar-refractivity contribution is 5.54. The number of rotatable bonds is 3. The number of hydrogen-bond acceptors (Lipinski definition) is 7. The molecular weight excluding hydrogens is 331 g/mol. The Morgan fingerprint density at radius 2 is 2.04 bits per heavy atom. The average molecular weight is 337 g/mol. The molecule has 0 fully saturated rings. The van der Waals surface area contributed by atoms with Crippen LogP contribution in [-0.2, 0) is 6.18 Å². The van der Waals surface area contributed by atoms with Crippen LogP contribution in [0.4, 0.5) is 19.1 Å². The Morgan fingerprint density at radius 3 is 2.62 bits per heavy atom. The zero-order chi connectivity index (χ0) is 17.3. The molecule has 0 aromatic carbocycles. The van der Waals surface area contributed by atoms with Crippen molar-refractivity contribution in [3.05, 3.63) is 52.7 Å². The van der Waals surface area contributed by atoms with Gasteiger partial charge in [0.1, 0.15) is 0 Å². The summed E-state index contributed by atoms with van der Waals surface area (Å²) >= 11 is 0. The van der Waals surface area contributed by atoms with Crippen LogP contribution in [0.1, 0.15) is 5.69 Å². The van der Waals surface area contributed by atoms with Gasteiger partial charge in [0.15, 0.2) is 17.3 Å². The number of nitro groups is 1. The van der Waals surface area contributed by atoms with Gasteiger partial charge in [0.25, 0.3) is 0 Å². The Labute approximate surface area is 131 Å². The van der Waals surface area contributed by atoms with Gasteiger partial charge in [-0.1, -0.05) is 4.98 Å². The zero-order valence-corrected chi connectivity index (χ0v) is 11.5. The van der Waals surface area contributed by atoms with E-state index in [0.717, 1.165) is 11.0 Å². The first kappa shape index (κ1) is 15.5. The van der Waals surface area contributed by atoms with Gasteiger partial charge in [0.05, 0.1) is 0 Å². The van der Waals surface area contributed by atoms with Crippen molar-refractivity contribution in [2.45, 2.75) is 6.18 Å². The molecule has 0 aliphatic heterocycles. The minimum Gasteiger partial charge on any atom is -0.390 e. The van der Waals surface area contributed by atoms with Crippen molar-refractivity contribution in [1.82, 2.24) is 29.7 Å². The van der Waals surface area contributed by atoms with Crippen LogP contribution in [0.15, 0.2) is 36.9 Å². The van der Waals surface area contributed by atoms with Crippen LogP contribution >= 0.6 is 0 Å². The van der Waals surface area contributed by atoms with Gasteiger partial charge < -0.3 is 10.1 Å². The first-order chi connectivity index (χ1) is 11.3. The van der Waals surface area contributed by atoms with Crippen molar-refractivity contribution in [1.29, 1.82) is 0 Å². The van der Waals surface area contributed by atoms with Gasteiger partial charge in [-0.05, 0) is 17.1 Å². The summed E-state index contributed by atoms with van der Waals surface area (Å²) in [7, 11) is 0. The Balaban J connectivity index is 2.16. The van der Waals surface area contributed by atoms with Gasteiger partial charge >= 0.3 is 12.1 Å². The molecule has 0 atom stereocenters. The molecule has 0 radical (unpaired) electrons. The molecule has 0 N–H and O–H groups in total. The number of aromatic nitrogens is 6. The molecule has 3 aromatic heterocycles. The van der Waals surface area contributed by atoms with E-state index >= 15 is 0 Å². The highest BCUT2D eigenvalue weighted by atomic mass is 19.4. The molecular formula is C12H6F3N7O2. The summed E-state index contributed by atoms with van der Waals surface area (Å²) in [5.41, 5.74) is -0.969. The van der Waals surface area contributed by atoms with E-state index in [-0.39, 0.29) is 17.2 Å². The highest BCUT2D eigenvalue weighted by Crippen LogP contribution is 2.30. The summed E-state index contributed by atoms with van der Waals surface area (Å²) in [6, 6.07) is 3.62. The second-order valence-corrected chi connectivity index (χ2v) is 4.42. The average Bonchev–Trinajstić information content (AvgIpc) is 3.05. The van der Waals surface area contributed by atoms with Crippen LogP contribution in [0.3, 0.4) is 0 Å². The Bertz CT molecular complexity index is 895. The number of nitrogens with zero attached hydrogens (tertiary/aromatic N) is 7. The molecule has 122 valence electrons. The maximum absolute atomic E-state index is 13.1. The van der Waals surface area contributed by atoms with Crippen molar-refractivity contribution in [2.75, 3.05) is 0 Å². The molecule has 0 amide bonds. The van der Waals surface area contributed by atoms with Gasteiger partial charge in [-0.2, -0.15) is 13.2 Å². The lowest BCUT2D eigenvalue weighted by Gasteiger charge is -2.09. The number of alkyl halides is 3. The minimum absolute atomic E-state index is 0.244. The minimum atomic E-state index is -4.73. The second kappa shape index (κ2) is 5.64. The van der Waals surface area contributed by atoms with Crippen LogP contribution in [0.2, 0.25) is 0 Å². The van der Waals surface area contributed by atoms with Crippen molar-refractivity contribution >= 4 is 5.95 Å². The quantitative estimate of drug-likeness (QED) is 0.531. The predicted molar refractivity (Wildman–Crippen MR) is 71.8 cm³/mol. The Hall–Kier alpha value is -3.44. The highest BCUT2D eigenvalue weighted by Gasteiger charge is 2.34. The monoisotopic (exact) mass is 337 g/mol. The molecule has 9 nitrogen and oxygen atoms in total. The summed E-state index contributed by atoms with van der Waals surface area (Å²) in [5, 5.41) is 14.1. The molecule has 0 saturated carbocycles. The third-order valence-electron chi connectivity index (χ3n) is 2.80. The number of hydrogen-bond donors (Lipinski definition) is 0. The zero-order valence-electron chi connectivity index (χ0n) is 11.5. The largest absolute Gasteiger partial charge is 0.491 e. The second-order valence-electron chi connectivity index (χ2n) is 4.42. The number of halogens is 3. The lowest BCUT2D eigenvalue weighted by molar-refractivity contribution is -0.394. The molecule has 12 heteroatoms. The molecule has 3 heterocycles. The smallest absolute Gasteiger partial charge is 0.390 e. The fraction of sp³-hybridized carbons (Fsp3) is 0.0833. The molecule has 3 aromatic rings.